The van der Waals surface area contributed by atoms with Crippen LogP contribution in [0.5, 0.6) is 0 Å². The van der Waals surface area contributed by atoms with Crippen LogP contribution in [0.25, 0.3) is 0 Å². The van der Waals surface area contributed by atoms with Crippen molar-refractivity contribution in [1.29, 1.82) is 0 Å². The summed E-state index contributed by atoms with van der Waals surface area (Å²) in [4.78, 5) is 12.2. The maximum Gasteiger partial charge on any atom is 0.252 e. The van der Waals surface area contributed by atoms with E-state index < -0.39 is 15.9 Å². The van der Waals surface area contributed by atoms with Crippen molar-refractivity contribution in [3.05, 3.63) is 51.9 Å². The zero-order valence-electron chi connectivity index (χ0n) is 14.2. The minimum atomic E-state index is -3.98. The largest absolute Gasteiger partial charge is 0.468 e. The number of hydrogen-bond donors (Lipinski definition) is 2. The summed E-state index contributed by atoms with van der Waals surface area (Å²) in [5.41, 5.74) is 0.0254. The van der Waals surface area contributed by atoms with Crippen molar-refractivity contribution >= 4 is 39.1 Å². The molecule has 146 valence electrons. The normalized spacial score (nSPS) is 17.2. The van der Waals surface area contributed by atoms with Crippen molar-refractivity contribution in [3.63, 3.8) is 0 Å². The highest BCUT2D eigenvalue weighted by molar-refractivity contribution is 7.89. The number of halogens is 2. The Hall–Kier alpha value is -1.58. The number of carbonyl (C=O) groups excluding carboxylic acids is 1. The van der Waals surface area contributed by atoms with Crippen molar-refractivity contribution in [3.8, 4) is 0 Å². The van der Waals surface area contributed by atoms with E-state index in [-0.39, 0.29) is 33.2 Å². The standard InChI is InChI=1S/C17H18Cl2N2O5S/c18-14-8-15(19)16(27(23,24)21-10-12-4-2-6-26-12)7-13(14)17(22)20-9-11-3-1-5-25-11/h2,4,6-8,11,21H,1,3,5,9-10H2,(H,20,22)/t11-/m1/s1. The van der Waals surface area contributed by atoms with Gasteiger partial charge in [0.2, 0.25) is 10.0 Å². The van der Waals surface area contributed by atoms with Crippen molar-refractivity contribution in [2.24, 2.45) is 0 Å². The molecule has 1 atom stereocenters. The number of amides is 1. The molecule has 10 heteroatoms. The second-order valence-corrected chi connectivity index (χ2v) is 8.56. The van der Waals surface area contributed by atoms with Crippen LogP contribution in [0.15, 0.2) is 39.8 Å². The first-order chi connectivity index (χ1) is 12.9. The predicted molar refractivity (Wildman–Crippen MR) is 101 cm³/mol. The second kappa shape index (κ2) is 8.62. The molecule has 3 rings (SSSR count). The Balaban J connectivity index is 1.76. The zero-order valence-corrected chi connectivity index (χ0v) is 16.5. The molecule has 2 N–H and O–H groups in total. The fourth-order valence-corrected chi connectivity index (χ4v) is 4.52. The third-order valence-corrected chi connectivity index (χ3v) is 6.27. The Kier molecular flexibility index (Phi) is 6.44. The minimum Gasteiger partial charge on any atom is -0.468 e. The minimum absolute atomic E-state index is 0.0254. The lowest BCUT2D eigenvalue weighted by Crippen LogP contribution is -2.32. The molecule has 0 radical (unpaired) electrons. The van der Waals surface area contributed by atoms with Crippen LogP contribution < -0.4 is 10.0 Å². The van der Waals surface area contributed by atoms with E-state index >= 15 is 0 Å². The van der Waals surface area contributed by atoms with Gasteiger partial charge in [0.15, 0.2) is 0 Å². The molecule has 1 fully saturated rings. The number of hydrogen-bond acceptors (Lipinski definition) is 5. The smallest absolute Gasteiger partial charge is 0.252 e. The van der Waals surface area contributed by atoms with Gasteiger partial charge < -0.3 is 14.5 Å². The first-order valence-electron chi connectivity index (χ1n) is 8.28. The van der Waals surface area contributed by atoms with Crippen molar-refractivity contribution in [2.45, 2.75) is 30.4 Å². The Morgan fingerprint density at radius 1 is 1.26 bits per heavy atom. The van der Waals surface area contributed by atoms with Gasteiger partial charge in [0.1, 0.15) is 10.7 Å². The number of rotatable bonds is 7. The van der Waals surface area contributed by atoms with Gasteiger partial charge in [0, 0.05) is 13.2 Å². The summed E-state index contributed by atoms with van der Waals surface area (Å²) in [5, 5.41) is 2.70. The number of ether oxygens (including phenoxy) is 1. The fraction of sp³-hybridized carbons (Fsp3) is 0.353. The van der Waals surface area contributed by atoms with Crippen molar-refractivity contribution in [2.75, 3.05) is 13.2 Å². The van der Waals surface area contributed by atoms with Crippen molar-refractivity contribution < 1.29 is 22.4 Å². The summed E-state index contributed by atoms with van der Waals surface area (Å²) >= 11 is 12.1. The average molecular weight is 433 g/mol. The highest BCUT2D eigenvalue weighted by Gasteiger charge is 2.24. The molecule has 0 unspecified atom stereocenters. The van der Waals surface area contributed by atoms with Gasteiger partial charge in [-0.1, -0.05) is 23.2 Å². The SMILES string of the molecule is O=C(NC[C@H]1CCCO1)c1cc(S(=O)(=O)NCc2ccco2)c(Cl)cc1Cl. The Labute approximate surface area is 167 Å². The van der Waals surface area contributed by atoms with E-state index in [2.05, 4.69) is 10.0 Å². The highest BCUT2D eigenvalue weighted by Crippen LogP contribution is 2.29. The predicted octanol–water partition coefficient (Wildman–Crippen LogP) is 2.97. The van der Waals surface area contributed by atoms with E-state index in [0.29, 0.717) is 18.9 Å². The molecule has 0 bridgehead atoms. The van der Waals surface area contributed by atoms with Gasteiger partial charge in [0.05, 0.1) is 34.5 Å². The third kappa shape index (κ3) is 5.03. The fourth-order valence-electron chi connectivity index (χ4n) is 2.67. The van der Waals surface area contributed by atoms with Crippen LogP contribution in [0.1, 0.15) is 29.0 Å². The molecule has 0 saturated carbocycles. The summed E-state index contributed by atoms with van der Waals surface area (Å²) < 4.78 is 38.1. The molecule has 0 aliphatic carbocycles. The summed E-state index contributed by atoms with van der Waals surface area (Å²) in [6.07, 6.45) is 3.21. The molecule has 1 aromatic carbocycles. The van der Waals surface area contributed by atoms with Crippen LogP contribution in [0.4, 0.5) is 0 Å². The summed E-state index contributed by atoms with van der Waals surface area (Å²) in [6, 6.07) is 5.69. The van der Waals surface area contributed by atoms with Gasteiger partial charge in [-0.15, -0.1) is 0 Å². The summed E-state index contributed by atoms with van der Waals surface area (Å²) in [6.45, 7) is 0.956. The molecule has 1 saturated heterocycles. The number of sulfonamides is 1. The van der Waals surface area contributed by atoms with Gasteiger partial charge in [-0.3, -0.25) is 4.79 Å². The molecule has 1 aliphatic heterocycles. The quantitative estimate of drug-likeness (QED) is 0.700. The van der Waals surface area contributed by atoms with E-state index in [1.807, 2.05) is 0 Å². The lowest BCUT2D eigenvalue weighted by molar-refractivity contribution is 0.0857. The van der Waals surface area contributed by atoms with E-state index in [4.69, 9.17) is 32.4 Å². The molecule has 1 amide bonds. The number of nitrogens with one attached hydrogen (secondary N) is 2. The first kappa shape index (κ1) is 20.2. The Morgan fingerprint density at radius 2 is 2.07 bits per heavy atom. The van der Waals surface area contributed by atoms with Gasteiger partial charge >= 0.3 is 0 Å². The monoisotopic (exact) mass is 432 g/mol. The first-order valence-corrected chi connectivity index (χ1v) is 10.5. The van der Waals surface area contributed by atoms with Crippen LogP contribution in [0.2, 0.25) is 10.0 Å². The highest BCUT2D eigenvalue weighted by atomic mass is 35.5. The maximum absolute atomic E-state index is 12.6. The van der Waals surface area contributed by atoms with Crippen LogP contribution in [-0.4, -0.2) is 33.6 Å². The molecule has 2 aromatic rings. The average Bonchev–Trinajstić information content (AvgIpc) is 3.31. The van der Waals surface area contributed by atoms with Crippen LogP contribution in [0.3, 0.4) is 0 Å². The van der Waals surface area contributed by atoms with E-state index in [9.17, 15) is 13.2 Å². The molecule has 0 spiro atoms. The van der Waals surface area contributed by atoms with Gasteiger partial charge in [-0.25, -0.2) is 13.1 Å². The number of carbonyl (C=O) groups is 1. The Morgan fingerprint density at radius 3 is 2.74 bits per heavy atom. The number of benzene rings is 1. The lowest BCUT2D eigenvalue weighted by Gasteiger charge is -2.13. The van der Waals surface area contributed by atoms with Crippen LogP contribution in [-0.2, 0) is 21.3 Å². The molecule has 2 heterocycles. The molecule has 7 nitrogen and oxygen atoms in total. The molecular formula is C17H18Cl2N2O5S. The van der Waals surface area contributed by atoms with Gasteiger partial charge in [-0.2, -0.15) is 0 Å². The topological polar surface area (TPSA) is 97.6 Å². The second-order valence-electron chi connectivity index (χ2n) is 6.01. The third-order valence-electron chi connectivity index (χ3n) is 4.09. The van der Waals surface area contributed by atoms with E-state index in [1.54, 1.807) is 12.1 Å². The van der Waals surface area contributed by atoms with E-state index in [0.717, 1.165) is 12.8 Å². The Bertz CT molecular complexity index is 910. The van der Waals surface area contributed by atoms with Crippen LogP contribution >= 0.6 is 23.2 Å². The van der Waals surface area contributed by atoms with Crippen LogP contribution in [0, 0.1) is 0 Å². The molecule has 27 heavy (non-hydrogen) atoms. The zero-order chi connectivity index (χ0) is 19.4. The number of furan rings is 1. The van der Waals surface area contributed by atoms with Gasteiger partial charge in [-0.05, 0) is 37.1 Å². The maximum atomic E-state index is 12.6. The van der Waals surface area contributed by atoms with Gasteiger partial charge in [0.25, 0.3) is 5.91 Å². The molecular weight excluding hydrogens is 415 g/mol. The molecule has 1 aliphatic rings. The summed E-state index contributed by atoms with van der Waals surface area (Å²) in [7, 11) is -3.98. The lowest BCUT2D eigenvalue weighted by atomic mass is 10.2. The van der Waals surface area contributed by atoms with E-state index in [1.165, 1.54) is 18.4 Å². The van der Waals surface area contributed by atoms with Crippen molar-refractivity contribution in [1.82, 2.24) is 10.0 Å². The molecule has 1 aromatic heterocycles. The summed E-state index contributed by atoms with van der Waals surface area (Å²) in [5.74, 6) is -0.0483.